The van der Waals surface area contributed by atoms with E-state index >= 15 is 0 Å². The molecule has 0 unspecified atom stereocenters. The Bertz CT molecular complexity index is 634. The number of carboxylic acid groups (broad SMARTS) is 1. The van der Waals surface area contributed by atoms with Crippen LogP contribution in [0.3, 0.4) is 0 Å². The average Bonchev–Trinajstić information content (AvgIpc) is 2.37. The van der Waals surface area contributed by atoms with Gasteiger partial charge in [-0.25, -0.2) is 17.9 Å². The van der Waals surface area contributed by atoms with Crippen molar-refractivity contribution in [3.8, 4) is 0 Å². The summed E-state index contributed by atoms with van der Waals surface area (Å²) in [7, 11) is -2.04. The number of benzene rings is 1. The number of carboxylic acids is 1. The van der Waals surface area contributed by atoms with Gasteiger partial charge in [-0.15, -0.1) is 0 Å². The zero-order valence-electron chi connectivity index (χ0n) is 11.6. The summed E-state index contributed by atoms with van der Waals surface area (Å²) in [6, 6.07) is 2.07. The molecule has 0 amide bonds. The summed E-state index contributed by atoms with van der Waals surface area (Å²) in [4.78, 5) is 12.6. The third-order valence-corrected chi connectivity index (χ3v) is 5.11. The monoisotopic (exact) mass is 354 g/mol. The van der Waals surface area contributed by atoms with Gasteiger partial charge in [0.05, 0.1) is 15.6 Å². The number of aromatic carboxylic acids is 1. The van der Waals surface area contributed by atoms with Crippen molar-refractivity contribution in [1.29, 1.82) is 0 Å². The van der Waals surface area contributed by atoms with Gasteiger partial charge in [0.1, 0.15) is 4.90 Å². The molecule has 0 fully saturated rings. The summed E-state index contributed by atoms with van der Waals surface area (Å²) in [6.07, 6.45) is 0. The lowest BCUT2D eigenvalue weighted by atomic mass is 10.2. The van der Waals surface area contributed by atoms with E-state index in [1.165, 1.54) is 0 Å². The van der Waals surface area contributed by atoms with E-state index in [-0.39, 0.29) is 27.0 Å². The van der Waals surface area contributed by atoms with Crippen LogP contribution in [0.1, 0.15) is 17.3 Å². The highest BCUT2D eigenvalue weighted by Gasteiger charge is 2.22. The molecule has 1 aromatic rings. The molecular weight excluding hydrogens is 339 g/mol. The number of hydrogen-bond donors (Lipinski definition) is 2. The van der Waals surface area contributed by atoms with Gasteiger partial charge < -0.3 is 10.0 Å². The first-order chi connectivity index (χ1) is 9.69. The van der Waals surface area contributed by atoms with E-state index in [0.29, 0.717) is 6.54 Å². The Morgan fingerprint density at radius 3 is 2.48 bits per heavy atom. The molecule has 21 heavy (non-hydrogen) atoms. The maximum absolute atomic E-state index is 12.2. The van der Waals surface area contributed by atoms with Gasteiger partial charge in [-0.05, 0) is 25.7 Å². The van der Waals surface area contributed by atoms with Gasteiger partial charge in [-0.3, -0.25) is 0 Å². The van der Waals surface area contributed by atoms with Gasteiger partial charge in [0.25, 0.3) is 0 Å². The molecule has 0 heterocycles. The molecule has 0 aromatic heterocycles. The van der Waals surface area contributed by atoms with Crippen molar-refractivity contribution >= 4 is 39.2 Å². The molecule has 0 radical (unpaired) electrons. The minimum Gasteiger partial charge on any atom is -0.478 e. The quantitative estimate of drug-likeness (QED) is 0.780. The lowest BCUT2D eigenvalue weighted by molar-refractivity contribution is 0.0697. The Morgan fingerprint density at radius 2 is 1.95 bits per heavy atom. The molecule has 0 saturated carbocycles. The smallest absolute Gasteiger partial charge is 0.337 e. The second-order valence-corrected chi connectivity index (χ2v) is 6.91. The van der Waals surface area contributed by atoms with E-state index in [4.69, 9.17) is 28.3 Å². The highest BCUT2D eigenvalue weighted by molar-refractivity contribution is 7.89. The minimum atomic E-state index is -3.90. The van der Waals surface area contributed by atoms with Gasteiger partial charge in [-0.1, -0.05) is 30.1 Å². The molecule has 0 spiro atoms. The summed E-state index contributed by atoms with van der Waals surface area (Å²) in [5, 5.41) is 8.74. The highest BCUT2D eigenvalue weighted by Crippen LogP contribution is 2.28. The van der Waals surface area contributed by atoms with Crippen LogP contribution in [0, 0.1) is 0 Å². The number of halogens is 2. The largest absolute Gasteiger partial charge is 0.478 e. The standard InChI is InChI=1S/C12H16Cl2N2O4S/c1-3-16(2)5-4-15-21(19,20)11-6-8(12(17)18)9(13)7-10(11)14/h6-7,15H,3-5H2,1-2H3,(H,17,18). The highest BCUT2D eigenvalue weighted by atomic mass is 35.5. The fraction of sp³-hybridized carbons (Fsp3) is 0.417. The number of nitrogens with zero attached hydrogens (tertiary/aromatic N) is 1. The fourth-order valence-corrected chi connectivity index (χ4v) is 3.38. The molecule has 118 valence electrons. The number of likely N-dealkylation sites (N-methyl/N-ethyl adjacent to an activating group) is 1. The molecule has 0 aliphatic carbocycles. The predicted octanol–water partition coefficient (Wildman–Crippen LogP) is 1.92. The van der Waals surface area contributed by atoms with Crippen LogP contribution in [-0.2, 0) is 10.0 Å². The first kappa shape index (κ1) is 18.2. The topological polar surface area (TPSA) is 86.7 Å². The van der Waals surface area contributed by atoms with Crippen molar-refractivity contribution < 1.29 is 18.3 Å². The Kier molecular flexibility index (Phi) is 6.42. The van der Waals surface area contributed by atoms with Gasteiger partial charge in [0.15, 0.2) is 0 Å². The zero-order valence-corrected chi connectivity index (χ0v) is 13.9. The van der Waals surface area contributed by atoms with E-state index < -0.39 is 16.0 Å². The molecule has 0 saturated heterocycles. The van der Waals surface area contributed by atoms with Gasteiger partial charge >= 0.3 is 5.97 Å². The lowest BCUT2D eigenvalue weighted by Gasteiger charge is -2.15. The van der Waals surface area contributed by atoms with Crippen LogP contribution < -0.4 is 4.72 Å². The van der Waals surface area contributed by atoms with Gasteiger partial charge in [0.2, 0.25) is 10.0 Å². The number of rotatable bonds is 7. The molecule has 0 aliphatic rings. The second kappa shape index (κ2) is 7.42. The molecular formula is C12H16Cl2N2O4S. The first-order valence-electron chi connectivity index (χ1n) is 6.09. The van der Waals surface area contributed by atoms with Crippen LogP contribution in [0.4, 0.5) is 0 Å². The van der Waals surface area contributed by atoms with Crippen LogP contribution in [0.15, 0.2) is 17.0 Å². The van der Waals surface area contributed by atoms with Gasteiger partial charge in [0, 0.05) is 13.1 Å². The molecule has 0 atom stereocenters. The molecule has 1 aromatic carbocycles. The molecule has 2 N–H and O–H groups in total. The van der Waals surface area contributed by atoms with Crippen LogP contribution in [0.25, 0.3) is 0 Å². The second-order valence-electron chi connectivity index (χ2n) is 4.36. The predicted molar refractivity (Wildman–Crippen MR) is 81.8 cm³/mol. The molecule has 6 nitrogen and oxygen atoms in total. The van der Waals surface area contributed by atoms with E-state index in [9.17, 15) is 13.2 Å². The molecule has 9 heteroatoms. The first-order valence-corrected chi connectivity index (χ1v) is 8.33. The van der Waals surface area contributed by atoms with E-state index in [1.54, 1.807) is 0 Å². The SMILES string of the molecule is CCN(C)CCNS(=O)(=O)c1cc(C(=O)O)c(Cl)cc1Cl. The summed E-state index contributed by atoms with van der Waals surface area (Å²) in [5.41, 5.74) is -0.313. The summed E-state index contributed by atoms with van der Waals surface area (Å²) < 4.78 is 26.7. The Labute approximate surface area is 133 Å². The van der Waals surface area contributed by atoms with Crippen molar-refractivity contribution in [3.05, 3.63) is 27.7 Å². The number of hydrogen-bond acceptors (Lipinski definition) is 4. The third-order valence-electron chi connectivity index (χ3n) is 2.87. The van der Waals surface area contributed by atoms with Crippen LogP contribution in [0.5, 0.6) is 0 Å². The Balaban J connectivity index is 3.03. The molecule has 1 rings (SSSR count). The Hall–Kier alpha value is -0.860. The van der Waals surface area contributed by atoms with Crippen molar-refractivity contribution in [3.63, 3.8) is 0 Å². The van der Waals surface area contributed by atoms with Crippen LogP contribution in [0.2, 0.25) is 10.0 Å². The summed E-state index contributed by atoms with van der Waals surface area (Å²) in [5.74, 6) is -1.32. The van der Waals surface area contributed by atoms with Crippen molar-refractivity contribution in [1.82, 2.24) is 9.62 Å². The van der Waals surface area contributed by atoms with Crippen LogP contribution in [-0.4, -0.2) is 51.1 Å². The molecule has 0 aliphatic heterocycles. The van der Waals surface area contributed by atoms with Gasteiger partial charge in [-0.2, -0.15) is 0 Å². The normalized spacial score (nSPS) is 11.9. The van der Waals surface area contributed by atoms with Crippen molar-refractivity contribution in [2.75, 3.05) is 26.7 Å². The van der Waals surface area contributed by atoms with E-state index in [0.717, 1.165) is 18.7 Å². The number of carbonyl (C=O) groups is 1. The minimum absolute atomic E-state index is 0.114. The molecule has 0 bridgehead atoms. The van der Waals surface area contributed by atoms with E-state index in [1.807, 2.05) is 18.9 Å². The lowest BCUT2D eigenvalue weighted by Crippen LogP contribution is -2.33. The number of nitrogens with one attached hydrogen (secondary N) is 1. The third kappa shape index (κ3) is 4.82. The Morgan fingerprint density at radius 1 is 1.33 bits per heavy atom. The summed E-state index contributed by atoms with van der Waals surface area (Å²) >= 11 is 11.6. The fourth-order valence-electron chi connectivity index (χ4n) is 1.51. The maximum atomic E-state index is 12.2. The number of sulfonamides is 1. The van der Waals surface area contributed by atoms with Crippen LogP contribution >= 0.6 is 23.2 Å². The average molecular weight is 355 g/mol. The maximum Gasteiger partial charge on any atom is 0.337 e. The van der Waals surface area contributed by atoms with Crippen molar-refractivity contribution in [2.45, 2.75) is 11.8 Å². The van der Waals surface area contributed by atoms with E-state index in [2.05, 4.69) is 4.72 Å². The van der Waals surface area contributed by atoms with Crippen molar-refractivity contribution in [2.24, 2.45) is 0 Å². The summed E-state index contributed by atoms with van der Waals surface area (Å²) in [6.45, 7) is 3.44. The zero-order chi connectivity index (χ0) is 16.2.